The van der Waals surface area contributed by atoms with Crippen molar-refractivity contribution in [3.05, 3.63) is 23.8 Å². The fraction of sp³-hybridized carbons (Fsp3) is 0.429. The van der Waals surface area contributed by atoms with Crippen molar-refractivity contribution >= 4 is 11.9 Å². The molecule has 0 aliphatic rings. The quantitative estimate of drug-likeness (QED) is 0.708. The number of rotatable bonds is 8. The molecule has 1 aromatic carbocycles. The van der Waals surface area contributed by atoms with Gasteiger partial charge in [0.05, 0.1) is 7.11 Å². The number of methoxy groups -OCH3 is 1. The normalized spacial score (nSPS) is 9.90. The summed E-state index contributed by atoms with van der Waals surface area (Å²) in [5, 5.41) is 11.8. The molecule has 0 saturated carbocycles. The fourth-order valence-electron chi connectivity index (χ4n) is 1.59. The third-order valence-electron chi connectivity index (χ3n) is 2.63. The molecule has 0 heterocycles. The zero-order valence-corrected chi connectivity index (χ0v) is 11.6. The Bertz CT molecular complexity index is 473. The molecule has 0 aliphatic heterocycles. The Morgan fingerprint density at radius 3 is 2.70 bits per heavy atom. The first-order valence-electron chi connectivity index (χ1n) is 6.40. The molecule has 0 fully saturated rings. The minimum Gasteiger partial charge on any atom is -0.493 e. The highest BCUT2D eigenvalue weighted by Crippen LogP contribution is 2.30. The summed E-state index contributed by atoms with van der Waals surface area (Å²) in [6.45, 7) is 2.36. The lowest BCUT2D eigenvalue weighted by molar-refractivity contribution is -0.123. The lowest BCUT2D eigenvalue weighted by Crippen LogP contribution is -2.29. The predicted molar refractivity (Wildman–Crippen MR) is 73.4 cm³/mol. The van der Waals surface area contributed by atoms with Gasteiger partial charge in [-0.2, -0.15) is 0 Å². The smallest absolute Gasteiger partial charge is 0.339 e. The fourth-order valence-corrected chi connectivity index (χ4v) is 1.59. The average molecular weight is 281 g/mol. The summed E-state index contributed by atoms with van der Waals surface area (Å²) >= 11 is 0. The summed E-state index contributed by atoms with van der Waals surface area (Å²) in [5.74, 6) is -1.08. The molecule has 0 unspecified atom stereocenters. The van der Waals surface area contributed by atoms with Crippen molar-refractivity contribution in [3.8, 4) is 11.5 Å². The van der Waals surface area contributed by atoms with Crippen LogP contribution in [0.2, 0.25) is 0 Å². The number of ether oxygens (including phenoxy) is 2. The van der Waals surface area contributed by atoms with E-state index in [1.807, 2.05) is 6.92 Å². The van der Waals surface area contributed by atoms with Crippen LogP contribution in [0.4, 0.5) is 0 Å². The first-order chi connectivity index (χ1) is 9.60. The summed E-state index contributed by atoms with van der Waals surface area (Å²) in [4.78, 5) is 22.7. The van der Waals surface area contributed by atoms with Gasteiger partial charge in [0, 0.05) is 6.54 Å². The van der Waals surface area contributed by atoms with Gasteiger partial charge in [0.15, 0.2) is 18.1 Å². The number of carbonyl (C=O) groups excluding carboxylic acids is 1. The first-order valence-corrected chi connectivity index (χ1v) is 6.40. The Morgan fingerprint density at radius 2 is 2.10 bits per heavy atom. The van der Waals surface area contributed by atoms with Gasteiger partial charge in [-0.05, 0) is 18.6 Å². The molecule has 1 amide bonds. The molecule has 0 spiro atoms. The number of carboxylic acid groups (broad SMARTS) is 1. The van der Waals surface area contributed by atoms with Gasteiger partial charge in [-0.15, -0.1) is 0 Å². The number of carbonyl (C=O) groups is 2. The van der Waals surface area contributed by atoms with Gasteiger partial charge in [-0.25, -0.2) is 4.79 Å². The van der Waals surface area contributed by atoms with E-state index in [2.05, 4.69) is 5.32 Å². The number of amides is 1. The molecule has 0 aliphatic carbocycles. The molecule has 20 heavy (non-hydrogen) atoms. The Hall–Kier alpha value is -2.24. The highest BCUT2D eigenvalue weighted by atomic mass is 16.5. The monoisotopic (exact) mass is 281 g/mol. The molecule has 0 saturated heterocycles. The minimum atomic E-state index is -1.13. The summed E-state index contributed by atoms with van der Waals surface area (Å²) in [7, 11) is 1.41. The van der Waals surface area contributed by atoms with Crippen molar-refractivity contribution in [2.24, 2.45) is 0 Å². The van der Waals surface area contributed by atoms with E-state index in [0.717, 1.165) is 12.8 Å². The number of unbranched alkanes of at least 4 members (excludes halogenated alkanes) is 1. The Labute approximate surface area is 117 Å². The number of para-hydroxylation sites is 1. The lowest BCUT2D eigenvalue weighted by Gasteiger charge is -2.13. The topological polar surface area (TPSA) is 84.9 Å². The maximum Gasteiger partial charge on any atom is 0.339 e. The van der Waals surface area contributed by atoms with Crippen LogP contribution < -0.4 is 14.8 Å². The highest BCUT2D eigenvalue weighted by Gasteiger charge is 2.17. The second kappa shape index (κ2) is 8.04. The summed E-state index contributed by atoms with van der Waals surface area (Å²) in [6, 6.07) is 4.53. The Morgan fingerprint density at radius 1 is 1.35 bits per heavy atom. The third-order valence-corrected chi connectivity index (χ3v) is 2.63. The number of nitrogens with one attached hydrogen (secondary N) is 1. The molecule has 0 radical (unpaired) electrons. The lowest BCUT2D eigenvalue weighted by atomic mass is 10.2. The van der Waals surface area contributed by atoms with Crippen molar-refractivity contribution in [2.75, 3.05) is 20.3 Å². The van der Waals surface area contributed by atoms with Crippen molar-refractivity contribution in [2.45, 2.75) is 19.8 Å². The van der Waals surface area contributed by atoms with Gasteiger partial charge < -0.3 is 19.9 Å². The van der Waals surface area contributed by atoms with Crippen LogP contribution in [-0.4, -0.2) is 37.2 Å². The third kappa shape index (κ3) is 4.46. The molecular weight excluding hydrogens is 262 g/mol. The number of benzene rings is 1. The molecular formula is C14H19NO5. The standard InChI is InChI=1S/C14H19NO5/c1-3-4-8-15-12(16)9-20-13-10(14(17)18)6-5-7-11(13)19-2/h5-7H,3-4,8-9H2,1-2H3,(H,15,16)(H,17,18). The SMILES string of the molecule is CCCCNC(=O)COc1c(OC)cccc1C(=O)O. The van der Waals surface area contributed by atoms with E-state index in [1.54, 1.807) is 12.1 Å². The van der Waals surface area contributed by atoms with Crippen LogP contribution in [0.25, 0.3) is 0 Å². The summed E-state index contributed by atoms with van der Waals surface area (Å²) in [5.41, 5.74) is -0.0364. The second-order valence-electron chi connectivity index (χ2n) is 4.13. The molecule has 6 nitrogen and oxygen atoms in total. The van der Waals surface area contributed by atoms with Gasteiger partial charge in [0.2, 0.25) is 0 Å². The maximum atomic E-state index is 11.5. The molecule has 2 N–H and O–H groups in total. The van der Waals surface area contributed by atoms with Crippen LogP contribution in [0.1, 0.15) is 30.1 Å². The van der Waals surface area contributed by atoms with E-state index in [4.69, 9.17) is 14.6 Å². The maximum absolute atomic E-state index is 11.5. The minimum absolute atomic E-state index is 0.0364. The average Bonchev–Trinajstić information content (AvgIpc) is 2.44. The molecule has 0 atom stereocenters. The Kier molecular flexibility index (Phi) is 6.36. The van der Waals surface area contributed by atoms with E-state index in [9.17, 15) is 9.59 Å². The molecule has 1 aromatic rings. The van der Waals surface area contributed by atoms with Crippen molar-refractivity contribution in [3.63, 3.8) is 0 Å². The van der Waals surface area contributed by atoms with Gasteiger partial charge in [0.1, 0.15) is 5.56 Å². The van der Waals surface area contributed by atoms with Crippen LogP contribution in [0.3, 0.4) is 0 Å². The van der Waals surface area contributed by atoms with Gasteiger partial charge in [0.25, 0.3) is 5.91 Å². The summed E-state index contributed by atoms with van der Waals surface area (Å²) < 4.78 is 10.3. The molecule has 0 bridgehead atoms. The van der Waals surface area contributed by atoms with Crippen molar-refractivity contribution < 1.29 is 24.2 Å². The number of carboxylic acids is 1. The number of hydrogen-bond donors (Lipinski definition) is 2. The van der Waals surface area contributed by atoms with Crippen molar-refractivity contribution in [1.82, 2.24) is 5.32 Å². The molecule has 110 valence electrons. The van der Waals surface area contributed by atoms with Crippen LogP contribution >= 0.6 is 0 Å². The zero-order chi connectivity index (χ0) is 15.0. The summed E-state index contributed by atoms with van der Waals surface area (Å²) in [6.07, 6.45) is 1.87. The Balaban J connectivity index is 2.71. The zero-order valence-electron chi connectivity index (χ0n) is 11.6. The predicted octanol–water partition coefficient (Wildman–Crippen LogP) is 1.69. The van der Waals surface area contributed by atoms with E-state index < -0.39 is 5.97 Å². The van der Waals surface area contributed by atoms with Crippen LogP contribution in [0.15, 0.2) is 18.2 Å². The van der Waals surface area contributed by atoms with Gasteiger partial charge in [-0.1, -0.05) is 19.4 Å². The van der Waals surface area contributed by atoms with Crippen LogP contribution in [0.5, 0.6) is 11.5 Å². The van der Waals surface area contributed by atoms with Gasteiger partial charge >= 0.3 is 5.97 Å². The largest absolute Gasteiger partial charge is 0.493 e. The number of aromatic carboxylic acids is 1. The van der Waals surface area contributed by atoms with Crippen LogP contribution in [0, 0.1) is 0 Å². The van der Waals surface area contributed by atoms with Crippen LogP contribution in [-0.2, 0) is 4.79 Å². The molecule has 0 aromatic heterocycles. The van der Waals surface area contributed by atoms with E-state index in [-0.39, 0.29) is 29.6 Å². The highest BCUT2D eigenvalue weighted by molar-refractivity contribution is 5.92. The van der Waals surface area contributed by atoms with Gasteiger partial charge in [-0.3, -0.25) is 4.79 Å². The van der Waals surface area contributed by atoms with E-state index in [1.165, 1.54) is 13.2 Å². The van der Waals surface area contributed by atoms with E-state index >= 15 is 0 Å². The first kappa shape index (κ1) is 15.8. The molecule has 6 heteroatoms. The number of hydrogen-bond acceptors (Lipinski definition) is 4. The van der Waals surface area contributed by atoms with Crippen molar-refractivity contribution in [1.29, 1.82) is 0 Å². The van der Waals surface area contributed by atoms with E-state index in [0.29, 0.717) is 6.54 Å². The second-order valence-corrected chi connectivity index (χ2v) is 4.13. The molecule has 1 rings (SSSR count).